The minimum Gasteiger partial charge on any atom is -0.476 e. The van der Waals surface area contributed by atoms with Gasteiger partial charge in [-0.1, -0.05) is 6.92 Å². The smallest absolute Gasteiger partial charge is 0.356 e. The van der Waals surface area contributed by atoms with Gasteiger partial charge in [-0.05, 0) is 19.3 Å². The first-order valence-electron chi connectivity index (χ1n) is 6.58. The summed E-state index contributed by atoms with van der Waals surface area (Å²) in [5.41, 5.74) is -0.0618. The number of carbonyl (C=O) groups is 2. The number of amides is 1. The fourth-order valence-electron chi connectivity index (χ4n) is 2.11. The Morgan fingerprint density at radius 1 is 1.40 bits per heavy atom. The number of ether oxygens (including phenoxy) is 1. The van der Waals surface area contributed by atoms with E-state index < -0.39 is 5.97 Å². The lowest BCUT2D eigenvalue weighted by Gasteiger charge is -2.29. The Morgan fingerprint density at radius 2 is 2.10 bits per heavy atom. The second-order valence-corrected chi connectivity index (χ2v) is 4.69. The van der Waals surface area contributed by atoms with Gasteiger partial charge in [0.2, 0.25) is 0 Å². The van der Waals surface area contributed by atoms with Crippen molar-refractivity contribution < 1.29 is 19.4 Å². The summed E-state index contributed by atoms with van der Waals surface area (Å²) in [7, 11) is 0. The standard InChI is InChI=1S/C13H17N3O4/c1-2-9-5-8(3-4-20-9)16-12(17)10-6-15-11(7-14-10)13(18)19/h6-9H,2-5H2,1H3,(H,16,17)(H,18,19). The van der Waals surface area contributed by atoms with Crippen molar-refractivity contribution in [3.63, 3.8) is 0 Å². The molecule has 0 spiro atoms. The van der Waals surface area contributed by atoms with Crippen molar-refractivity contribution in [1.29, 1.82) is 0 Å². The van der Waals surface area contributed by atoms with Gasteiger partial charge in [-0.15, -0.1) is 0 Å². The third kappa shape index (κ3) is 3.51. The van der Waals surface area contributed by atoms with E-state index in [1.165, 1.54) is 6.20 Å². The van der Waals surface area contributed by atoms with Gasteiger partial charge in [-0.2, -0.15) is 0 Å². The fourth-order valence-corrected chi connectivity index (χ4v) is 2.11. The highest BCUT2D eigenvalue weighted by Gasteiger charge is 2.23. The molecule has 0 radical (unpaired) electrons. The molecular weight excluding hydrogens is 262 g/mol. The van der Waals surface area contributed by atoms with Crippen molar-refractivity contribution in [3.8, 4) is 0 Å². The first kappa shape index (κ1) is 14.4. The molecule has 1 aromatic heterocycles. The maximum atomic E-state index is 12.0. The van der Waals surface area contributed by atoms with Gasteiger partial charge in [-0.25, -0.2) is 14.8 Å². The van der Waals surface area contributed by atoms with Crippen molar-refractivity contribution in [2.75, 3.05) is 6.61 Å². The van der Waals surface area contributed by atoms with Crippen LogP contribution in [-0.4, -0.2) is 45.7 Å². The molecular formula is C13H17N3O4. The van der Waals surface area contributed by atoms with Crippen LogP contribution in [0.3, 0.4) is 0 Å². The predicted molar refractivity (Wildman–Crippen MR) is 69.5 cm³/mol. The Balaban J connectivity index is 1.95. The van der Waals surface area contributed by atoms with Gasteiger partial charge in [-0.3, -0.25) is 4.79 Å². The summed E-state index contributed by atoms with van der Waals surface area (Å²) in [6, 6.07) is 0.0575. The number of hydrogen-bond donors (Lipinski definition) is 2. The molecule has 1 saturated heterocycles. The highest BCUT2D eigenvalue weighted by Crippen LogP contribution is 2.16. The summed E-state index contributed by atoms with van der Waals surface area (Å²) in [4.78, 5) is 30.1. The summed E-state index contributed by atoms with van der Waals surface area (Å²) in [5, 5.41) is 11.6. The molecule has 0 saturated carbocycles. The number of nitrogens with zero attached hydrogens (tertiary/aromatic N) is 2. The average Bonchev–Trinajstić information content (AvgIpc) is 2.47. The van der Waals surface area contributed by atoms with Crippen LogP contribution in [0.5, 0.6) is 0 Å². The van der Waals surface area contributed by atoms with Gasteiger partial charge in [0, 0.05) is 12.6 Å². The SMILES string of the molecule is CCC1CC(NC(=O)c2cnc(C(=O)O)cn2)CCO1. The molecule has 2 atom stereocenters. The van der Waals surface area contributed by atoms with Gasteiger partial charge in [0.25, 0.3) is 5.91 Å². The Hall–Kier alpha value is -2.02. The molecule has 108 valence electrons. The fraction of sp³-hybridized carbons (Fsp3) is 0.538. The molecule has 20 heavy (non-hydrogen) atoms. The van der Waals surface area contributed by atoms with Crippen molar-refractivity contribution in [3.05, 3.63) is 23.8 Å². The highest BCUT2D eigenvalue weighted by molar-refractivity contribution is 5.92. The monoisotopic (exact) mass is 279 g/mol. The highest BCUT2D eigenvalue weighted by atomic mass is 16.5. The summed E-state index contributed by atoms with van der Waals surface area (Å²) in [6.45, 7) is 2.68. The van der Waals surface area contributed by atoms with Crippen molar-refractivity contribution in [2.24, 2.45) is 0 Å². The molecule has 2 heterocycles. The Bertz CT molecular complexity index is 489. The molecule has 1 aliphatic heterocycles. The van der Waals surface area contributed by atoms with Gasteiger partial charge < -0.3 is 15.2 Å². The zero-order chi connectivity index (χ0) is 14.5. The lowest BCUT2D eigenvalue weighted by Crippen LogP contribution is -2.42. The van der Waals surface area contributed by atoms with Gasteiger partial charge in [0.05, 0.1) is 18.5 Å². The summed E-state index contributed by atoms with van der Waals surface area (Å²) >= 11 is 0. The lowest BCUT2D eigenvalue weighted by atomic mass is 10.0. The van der Waals surface area contributed by atoms with Crippen LogP contribution < -0.4 is 5.32 Å². The van der Waals surface area contributed by atoms with Crippen LogP contribution in [0.15, 0.2) is 12.4 Å². The molecule has 2 rings (SSSR count). The third-order valence-corrected chi connectivity index (χ3v) is 3.26. The van der Waals surface area contributed by atoms with E-state index in [-0.39, 0.29) is 29.4 Å². The van der Waals surface area contributed by atoms with Crippen LogP contribution in [0.25, 0.3) is 0 Å². The second kappa shape index (κ2) is 6.42. The molecule has 0 bridgehead atoms. The zero-order valence-electron chi connectivity index (χ0n) is 11.2. The summed E-state index contributed by atoms with van der Waals surface area (Å²) in [5.74, 6) is -1.50. The molecule has 1 amide bonds. The van der Waals surface area contributed by atoms with Gasteiger partial charge >= 0.3 is 5.97 Å². The topological polar surface area (TPSA) is 101 Å². The normalized spacial score (nSPS) is 22.2. The number of rotatable bonds is 4. The van der Waals surface area contributed by atoms with E-state index in [2.05, 4.69) is 15.3 Å². The van der Waals surface area contributed by atoms with E-state index >= 15 is 0 Å². The number of carboxylic acid groups (broad SMARTS) is 1. The molecule has 1 aromatic rings. The van der Waals surface area contributed by atoms with Crippen LogP contribution in [0.2, 0.25) is 0 Å². The summed E-state index contributed by atoms with van der Waals surface area (Å²) in [6.07, 6.45) is 4.89. The van der Waals surface area contributed by atoms with Crippen LogP contribution in [0, 0.1) is 0 Å². The van der Waals surface area contributed by atoms with Crippen LogP contribution >= 0.6 is 0 Å². The number of aromatic carboxylic acids is 1. The van der Waals surface area contributed by atoms with Crippen LogP contribution in [0.4, 0.5) is 0 Å². The minimum absolute atomic E-state index is 0.0575. The molecule has 7 heteroatoms. The molecule has 2 unspecified atom stereocenters. The first-order chi connectivity index (χ1) is 9.60. The third-order valence-electron chi connectivity index (χ3n) is 3.26. The van der Waals surface area contributed by atoms with E-state index in [0.29, 0.717) is 6.61 Å². The van der Waals surface area contributed by atoms with E-state index in [1.807, 2.05) is 6.92 Å². The molecule has 7 nitrogen and oxygen atoms in total. The van der Waals surface area contributed by atoms with E-state index in [9.17, 15) is 9.59 Å². The zero-order valence-corrected chi connectivity index (χ0v) is 11.2. The number of carbonyl (C=O) groups excluding carboxylic acids is 1. The number of carboxylic acids is 1. The maximum Gasteiger partial charge on any atom is 0.356 e. The van der Waals surface area contributed by atoms with Crippen LogP contribution in [0.1, 0.15) is 47.2 Å². The summed E-state index contributed by atoms with van der Waals surface area (Å²) < 4.78 is 5.54. The molecule has 0 aliphatic carbocycles. The first-order valence-corrected chi connectivity index (χ1v) is 6.58. The minimum atomic E-state index is -1.17. The van der Waals surface area contributed by atoms with Crippen LogP contribution in [-0.2, 0) is 4.74 Å². The van der Waals surface area contributed by atoms with E-state index in [1.54, 1.807) is 0 Å². The van der Waals surface area contributed by atoms with Crippen molar-refractivity contribution in [2.45, 2.75) is 38.3 Å². The van der Waals surface area contributed by atoms with Gasteiger partial charge in [0.15, 0.2) is 5.69 Å². The molecule has 1 fully saturated rings. The largest absolute Gasteiger partial charge is 0.476 e. The average molecular weight is 279 g/mol. The van der Waals surface area contributed by atoms with Crippen molar-refractivity contribution in [1.82, 2.24) is 15.3 Å². The Kier molecular flexibility index (Phi) is 4.62. The predicted octanol–water partition coefficient (Wildman–Crippen LogP) is 0.862. The van der Waals surface area contributed by atoms with Gasteiger partial charge in [0.1, 0.15) is 5.69 Å². The second-order valence-electron chi connectivity index (χ2n) is 4.69. The number of nitrogens with one attached hydrogen (secondary N) is 1. The van der Waals surface area contributed by atoms with E-state index in [0.717, 1.165) is 25.5 Å². The quantitative estimate of drug-likeness (QED) is 0.847. The lowest BCUT2D eigenvalue weighted by molar-refractivity contribution is 0.000577. The molecule has 1 aliphatic rings. The van der Waals surface area contributed by atoms with Crippen molar-refractivity contribution >= 4 is 11.9 Å². The molecule has 0 aromatic carbocycles. The Morgan fingerprint density at radius 3 is 2.70 bits per heavy atom. The maximum absolute atomic E-state index is 12.0. The van der Waals surface area contributed by atoms with E-state index in [4.69, 9.17) is 9.84 Å². The number of hydrogen-bond acceptors (Lipinski definition) is 5. The molecule has 2 N–H and O–H groups in total. The number of aromatic nitrogens is 2. The Labute approximate surface area is 116 Å².